The van der Waals surface area contributed by atoms with Crippen molar-refractivity contribution in [2.45, 2.75) is 13.0 Å². The zero-order valence-corrected chi connectivity index (χ0v) is 16.2. The number of carbonyl (C=O) groups is 1. The molecular weight excluding hydrogens is 402 g/mol. The summed E-state index contributed by atoms with van der Waals surface area (Å²) in [6, 6.07) is 10.8. The first-order valence-corrected chi connectivity index (χ1v) is 9.43. The monoisotopic (exact) mass is 419 g/mol. The van der Waals surface area contributed by atoms with E-state index in [1.54, 1.807) is 41.4 Å². The molecule has 0 unspecified atom stereocenters. The van der Waals surface area contributed by atoms with Crippen LogP contribution in [0.3, 0.4) is 0 Å². The van der Waals surface area contributed by atoms with Gasteiger partial charge in [-0.1, -0.05) is 12.1 Å². The van der Waals surface area contributed by atoms with E-state index in [0.29, 0.717) is 41.6 Å². The Labute approximate surface area is 174 Å². The summed E-state index contributed by atoms with van der Waals surface area (Å²) in [5, 5.41) is 18.2. The van der Waals surface area contributed by atoms with Crippen LogP contribution in [0.15, 0.2) is 53.3 Å². The maximum atomic E-state index is 10.6. The Balaban J connectivity index is 1.39. The average Bonchev–Trinajstić information content (AvgIpc) is 3.50. The van der Waals surface area contributed by atoms with E-state index in [1.165, 1.54) is 4.52 Å². The summed E-state index contributed by atoms with van der Waals surface area (Å²) in [5.41, 5.74) is 8.33. The third-order valence-corrected chi connectivity index (χ3v) is 4.74. The van der Waals surface area contributed by atoms with Crippen LogP contribution in [0.1, 0.15) is 5.56 Å². The number of nitrogens with zero attached hydrogens (tertiary/aromatic N) is 6. The number of aryl methyl sites for hydroxylation is 2. The van der Waals surface area contributed by atoms with Gasteiger partial charge in [0.25, 0.3) is 0 Å². The highest BCUT2D eigenvalue weighted by Crippen LogP contribution is 2.23. The fraction of sp³-hybridized carbons (Fsp3) is 0.150. The highest BCUT2D eigenvalue weighted by molar-refractivity contribution is 5.90. The Bertz CT molecular complexity index is 1370. The molecule has 31 heavy (non-hydrogen) atoms. The molecule has 5 aromatic rings. The lowest BCUT2D eigenvalue weighted by Crippen LogP contribution is -2.09. The van der Waals surface area contributed by atoms with Gasteiger partial charge in [-0.2, -0.15) is 14.6 Å². The lowest BCUT2D eigenvalue weighted by atomic mass is 10.1. The number of hydrogen-bond donors (Lipinski definition) is 2. The fourth-order valence-electron chi connectivity index (χ4n) is 3.26. The van der Waals surface area contributed by atoms with Crippen molar-refractivity contribution in [3.8, 4) is 17.3 Å². The van der Waals surface area contributed by atoms with Crippen molar-refractivity contribution in [1.82, 2.24) is 29.4 Å². The molecule has 0 spiro atoms. The predicted molar refractivity (Wildman–Crippen MR) is 109 cm³/mol. The lowest BCUT2D eigenvalue weighted by molar-refractivity contribution is -0.139. The van der Waals surface area contributed by atoms with Gasteiger partial charge in [-0.05, 0) is 36.2 Å². The molecule has 0 amide bonds. The van der Waals surface area contributed by atoms with Gasteiger partial charge in [0.15, 0.2) is 23.7 Å². The standard InChI is InChI=1S/C20H17N7O4/c21-20-24-18-14(19-23-17(25-27(19)20)15-2-1-9-30-15)10-22-26(18)8-7-12-3-5-13(6-4-12)31-11-16(28)29/h1-6,9-10H,7-8,11H2,(H2,21,24)(H,28,29). The summed E-state index contributed by atoms with van der Waals surface area (Å²) in [4.78, 5) is 19.6. The van der Waals surface area contributed by atoms with Gasteiger partial charge in [-0.3, -0.25) is 0 Å². The summed E-state index contributed by atoms with van der Waals surface area (Å²) in [6.07, 6.45) is 3.94. The Kier molecular flexibility index (Phi) is 4.47. The molecule has 0 atom stereocenters. The molecule has 11 heteroatoms. The van der Waals surface area contributed by atoms with Crippen molar-refractivity contribution in [3.05, 3.63) is 54.4 Å². The number of carboxylic acid groups (broad SMARTS) is 1. The van der Waals surface area contributed by atoms with Crippen molar-refractivity contribution < 1.29 is 19.1 Å². The number of furan rings is 1. The number of fused-ring (bicyclic) bond motifs is 3. The molecule has 156 valence electrons. The van der Waals surface area contributed by atoms with Crippen molar-refractivity contribution in [2.24, 2.45) is 0 Å². The van der Waals surface area contributed by atoms with Gasteiger partial charge in [0.2, 0.25) is 11.8 Å². The van der Waals surface area contributed by atoms with E-state index >= 15 is 0 Å². The van der Waals surface area contributed by atoms with E-state index in [-0.39, 0.29) is 12.6 Å². The molecule has 0 saturated carbocycles. The molecular formula is C20H17N7O4. The third kappa shape index (κ3) is 3.52. The van der Waals surface area contributed by atoms with Gasteiger partial charge in [0.05, 0.1) is 17.8 Å². The van der Waals surface area contributed by atoms with E-state index in [0.717, 1.165) is 10.9 Å². The Morgan fingerprint density at radius 1 is 1.16 bits per heavy atom. The van der Waals surface area contributed by atoms with E-state index in [4.69, 9.17) is 20.0 Å². The third-order valence-electron chi connectivity index (χ3n) is 4.74. The van der Waals surface area contributed by atoms with Crippen LogP contribution in [-0.2, 0) is 17.8 Å². The topological polar surface area (TPSA) is 147 Å². The molecule has 0 radical (unpaired) electrons. The van der Waals surface area contributed by atoms with Gasteiger partial charge in [0.1, 0.15) is 5.75 Å². The van der Waals surface area contributed by atoms with Crippen LogP contribution in [0.25, 0.3) is 28.3 Å². The lowest BCUT2D eigenvalue weighted by Gasteiger charge is -2.06. The number of anilines is 1. The largest absolute Gasteiger partial charge is 0.482 e. The number of carboxylic acids is 1. The van der Waals surface area contributed by atoms with E-state index < -0.39 is 5.97 Å². The molecule has 0 aliphatic carbocycles. The number of benzene rings is 1. The summed E-state index contributed by atoms with van der Waals surface area (Å²) >= 11 is 0. The smallest absolute Gasteiger partial charge is 0.341 e. The quantitative estimate of drug-likeness (QED) is 0.404. The second-order valence-corrected chi connectivity index (χ2v) is 6.80. The normalized spacial score (nSPS) is 11.4. The first-order chi connectivity index (χ1) is 15.1. The second-order valence-electron chi connectivity index (χ2n) is 6.80. The molecule has 0 fully saturated rings. The van der Waals surface area contributed by atoms with Crippen LogP contribution in [0.4, 0.5) is 5.95 Å². The maximum absolute atomic E-state index is 10.6. The molecule has 0 aliphatic heterocycles. The van der Waals surface area contributed by atoms with Gasteiger partial charge in [-0.15, -0.1) is 5.10 Å². The number of nitrogen functional groups attached to an aromatic ring is 1. The van der Waals surface area contributed by atoms with E-state index in [9.17, 15) is 4.79 Å². The second kappa shape index (κ2) is 7.44. The summed E-state index contributed by atoms with van der Waals surface area (Å²) in [6.45, 7) is 0.199. The van der Waals surface area contributed by atoms with Crippen LogP contribution in [-0.4, -0.2) is 47.0 Å². The zero-order valence-electron chi connectivity index (χ0n) is 16.2. The van der Waals surface area contributed by atoms with Crippen molar-refractivity contribution in [1.29, 1.82) is 0 Å². The molecule has 4 aromatic heterocycles. The SMILES string of the molecule is Nc1nc2c(cnn2CCc2ccc(OCC(=O)O)cc2)c2nc(-c3ccco3)nn12. The number of hydrogen-bond acceptors (Lipinski definition) is 8. The number of rotatable bonds is 7. The van der Waals surface area contributed by atoms with Gasteiger partial charge >= 0.3 is 5.97 Å². The Morgan fingerprint density at radius 2 is 2.00 bits per heavy atom. The van der Waals surface area contributed by atoms with Gasteiger partial charge in [0, 0.05) is 6.54 Å². The number of nitrogens with two attached hydrogens (primary N) is 1. The highest BCUT2D eigenvalue weighted by atomic mass is 16.5. The minimum atomic E-state index is -1.01. The number of aliphatic carboxylic acids is 1. The average molecular weight is 419 g/mol. The molecule has 5 rings (SSSR count). The fourth-order valence-corrected chi connectivity index (χ4v) is 3.26. The van der Waals surface area contributed by atoms with Crippen molar-refractivity contribution in [3.63, 3.8) is 0 Å². The summed E-state index contributed by atoms with van der Waals surface area (Å²) < 4.78 is 13.8. The van der Waals surface area contributed by atoms with E-state index in [1.807, 2.05) is 12.1 Å². The highest BCUT2D eigenvalue weighted by Gasteiger charge is 2.17. The first-order valence-electron chi connectivity index (χ1n) is 9.43. The molecule has 0 aliphatic rings. The van der Waals surface area contributed by atoms with Gasteiger partial charge in [-0.25, -0.2) is 14.5 Å². The molecule has 1 aromatic carbocycles. The molecule has 0 bridgehead atoms. The Hall–Kier alpha value is -4.41. The van der Waals surface area contributed by atoms with Crippen LogP contribution >= 0.6 is 0 Å². The first kappa shape index (κ1) is 18.6. The van der Waals surface area contributed by atoms with Crippen molar-refractivity contribution in [2.75, 3.05) is 12.3 Å². The number of ether oxygens (including phenoxy) is 1. The van der Waals surface area contributed by atoms with Gasteiger partial charge < -0.3 is 20.0 Å². The summed E-state index contributed by atoms with van der Waals surface area (Å²) in [7, 11) is 0. The molecule has 0 saturated heterocycles. The Morgan fingerprint density at radius 3 is 2.74 bits per heavy atom. The maximum Gasteiger partial charge on any atom is 0.341 e. The van der Waals surface area contributed by atoms with Crippen molar-refractivity contribution >= 4 is 28.6 Å². The molecule has 4 heterocycles. The van der Waals surface area contributed by atoms with Crippen LogP contribution in [0, 0.1) is 0 Å². The minimum absolute atomic E-state index is 0.203. The van der Waals surface area contributed by atoms with Crippen LogP contribution < -0.4 is 10.5 Å². The summed E-state index contributed by atoms with van der Waals surface area (Å²) in [5.74, 6) is 0.657. The molecule has 11 nitrogen and oxygen atoms in total. The van der Waals surface area contributed by atoms with Crippen LogP contribution in [0.2, 0.25) is 0 Å². The number of aromatic nitrogens is 6. The van der Waals surface area contributed by atoms with Crippen LogP contribution in [0.5, 0.6) is 5.75 Å². The predicted octanol–water partition coefficient (Wildman–Crippen LogP) is 2.02. The zero-order chi connectivity index (χ0) is 21.4. The van der Waals surface area contributed by atoms with E-state index in [2.05, 4.69) is 20.2 Å². The molecule has 3 N–H and O–H groups in total. The minimum Gasteiger partial charge on any atom is -0.482 e.